The van der Waals surface area contributed by atoms with Gasteiger partial charge in [0.25, 0.3) is 0 Å². The molecule has 4 rings (SSSR count). The highest BCUT2D eigenvalue weighted by Gasteiger charge is 2.34. The van der Waals surface area contributed by atoms with Gasteiger partial charge < -0.3 is 16.2 Å². The highest BCUT2D eigenvalue weighted by molar-refractivity contribution is 5.65. The van der Waals surface area contributed by atoms with Crippen molar-refractivity contribution in [3.63, 3.8) is 0 Å². The van der Waals surface area contributed by atoms with Crippen LogP contribution in [-0.2, 0) is 12.6 Å². The van der Waals surface area contributed by atoms with Crippen LogP contribution in [0, 0.1) is 6.92 Å². The first-order valence-corrected chi connectivity index (χ1v) is 10.4. The normalized spacial score (nSPS) is 11.4. The van der Waals surface area contributed by atoms with Crippen LogP contribution in [0.5, 0.6) is 11.5 Å². The molecule has 33 heavy (non-hydrogen) atoms. The molecule has 0 aliphatic carbocycles. The number of alkyl halides is 3. The zero-order valence-corrected chi connectivity index (χ0v) is 18.0. The fraction of sp³-hybridized carbons (Fsp3) is 0.111. The van der Waals surface area contributed by atoms with E-state index >= 15 is 0 Å². The average molecular weight is 448 g/mol. The standard InChI is InChI=1S/C27H23F3N2O/c1-17-14-22(31)9-6-21(17)15-18-2-4-19(5-3-18)20-7-11-24(12-8-20)33-26-13-10-23(32)16-25(26)27(28,29)30/h2-14,16H,15,31-32H2,1H3. The second-order valence-electron chi connectivity index (χ2n) is 7.94. The third kappa shape index (κ3) is 5.29. The lowest BCUT2D eigenvalue weighted by Crippen LogP contribution is -2.08. The van der Waals surface area contributed by atoms with E-state index in [1.807, 2.05) is 49.4 Å². The van der Waals surface area contributed by atoms with E-state index < -0.39 is 11.7 Å². The molecule has 3 nitrogen and oxygen atoms in total. The van der Waals surface area contributed by atoms with Crippen molar-refractivity contribution < 1.29 is 17.9 Å². The van der Waals surface area contributed by atoms with Crippen LogP contribution in [-0.4, -0.2) is 0 Å². The number of halogens is 3. The lowest BCUT2D eigenvalue weighted by Gasteiger charge is -2.14. The third-order valence-electron chi connectivity index (χ3n) is 5.44. The van der Waals surface area contributed by atoms with Crippen LogP contribution in [0.3, 0.4) is 0 Å². The average Bonchev–Trinajstić information content (AvgIpc) is 2.77. The number of benzene rings is 4. The highest BCUT2D eigenvalue weighted by atomic mass is 19.4. The lowest BCUT2D eigenvalue weighted by molar-refractivity contribution is -0.138. The molecule has 6 heteroatoms. The zero-order chi connectivity index (χ0) is 23.6. The Morgan fingerprint density at radius 3 is 1.91 bits per heavy atom. The Morgan fingerprint density at radius 2 is 1.30 bits per heavy atom. The molecule has 0 saturated heterocycles. The molecule has 0 saturated carbocycles. The van der Waals surface area contributed by atoms with Gasteiger partial charge in [0.1, 0.15) is 17.1 Å². The van der Waals surface area contributed by atoms with E-state index in [1.54, 1.807) is 12.1 Å². The molecule has 0 aliphatic rings. The SMILES string of the molecule is Cc1cc(N)ccc1Cc1ccc(-c2ccc(Oc3ccc(N)cc3C(F)(F)F)cc2)cc1. The van der Waals surface area contributed by atoms with Crippen molar-refractivity contribution in [1.29, 1.82) is 0 Å². The van der Waals surface area contributed by atoms with Crippen molar-refractivity contribution in [3.05, 3.63) is 107 Å². The smallest absolute Gasteiger partial charge is 0.420 e. The van der Waals surface area contributed by atoms with E-state index in [4.69, 9.17) is 16.2 Å². The largest absolute Gasteiger partial charge is 0.457 e. The molecular formula is C27H23F3N2O. The van der Waals surface area contributed by atoms with Gasteiger partial charge in [-0.2, -0.15) is 13.2 Å². The van der Waals surface area contributed by atoms with Crippen molar-refractivity contribution in [2.24, 2.45) is 0 Å². The van der Waals surface area contributed by atoms with Crippen LogP contribution in [0.25, 0.3) is 11.1 Å². The number of hydrogen-bond donors (Lipinski definition) is 2. The molecule has 0 spiro atoms. The quantitative estimate of drug-likeness (QED) is 0.317. The van der Waals surface area contributed by atoms with Gasteiger partial charge in [0.05, 0.1) is 0 Å². The molecule has 0 heterocycles. The van der Waals surface area contributed by atoms with Gasteiger partial charge in [-0.3, -0.25) is 0 Å². The molecule has 168 valence electrons. The minimum Gasteiger partial charge on any atom is -0.457 e. The van der Waals surface area contributed by atoms with Gasteiger partial charge in [-0.1, -0.05) is 42.5 Å². The van der Waals surface area contributed by atoms with Gasteiger partial charge in [-0.25, -0.2) is 0 Å². The highest BCUT2D eigenvalue weighted by Crippen LogP contribution is 2.39. The summed E-state index contributed by atoms with van der Waals surface area (Å²) in [5, 5.41) is 0. The fourth-order valence-electron chi connectivity index (χ4n) is 3.65. The molecule has 0 atom stereocenters. The number of hydrogen-bond acceptors (Lipinski definition) is 3. The Balaban J connectivity index is 1.49. The maximum Gasteiger partial charge on any atom is 0.420 e. The molecule has 4 N–H and O–H groups in total. The first kappa shape index (κ1) is 22.3. The summed E-state index contributed by atoms with van der Waals surface area (Å²) >= 11 is 0. The molecule has 4 aromatic carbocycles. The summed E-state index contributed by atoms with van der Waals surface area (Å²) in [6.45, 7) is 2.05. The lowest BCUT2D eigenvalue weighted by atomic mass is 9.98. The summed E-state index contributed by atoms with van der Waals surface area (Å²) < 4.78 is 45.4. The second-order valence-corrected chi connectivity index (χ2v) is 7.94. The Morgan fingerprint density at radius 1 is 0.727 bits per heavy atom. The molecule has 0 amide bonds. The van der Waals surface area contributed by atoms with Crippen LogP contribution < -0.4 is 16.2 Å². The van der Waals surface area contributed by atoms with Gasteiger partial charge in [0, 0.05) is 11.4 Å². The number of nitrogen functional groups attached to an aromatic ring is 2. The summed E-state index contributed by atoms with van der Waals surface area (Å²) in [7, 11) is 0. The number of ether oxygens (including phenoxy) is 1. The van der Waals surface area contributed by atoms with Crippen molar-refractivity contribution in [2.75, 3.05) is 11.5 Å². The molecule has 0 aromatic heterocycles. The molecule has 0 bridgehead atoms. The van der Waals surface area contributed by atoms with E-state index in [2.05, 4.69) is 12.1 Å². The van der Waals surface area contributed by atoms with Gasteiger partial charge in [-0.15, -0.1) is 0 Å². The summed E-state index contributed by atoms with van der Waals surface area (Å²) in [6.07, 6.45) is -3.75. The topological polar surface area (TPSA) is 61.3 Å². The van der Waals surface area contributed by atoms with Crippen LogP contribution in [0.1, 0.15) is 22.3 Å². The van der Waals surface area contributed by atoms with E-state index in [1.165, 1.54) is 23.3 Å². The van der Waals surface area contributed by atoms with Crippen molar-refractivity contribution >= 4 is 11.4 Å². The summed E-state index contributed by atoms with van der Waals surface area (Å²) in [5.74, 6) is 0.0243. The van der Waals surface area contributed by atoms with Gasteiger partial charge in [0.2, 0.25) is 0 Å². The first-order valence-electron chi connectivity index (χ1n) is 10.4. The number of rotatable bonds is 5. The van der Waals surface area contributed by atoms with Crippen LogP contribution in [0.4, 0.5) is 24.5 Å². The van der Waals surface area contributed by atoms with Crippen molar-refractivity contribution in [2.45, 2.75) is 19.5 Å². The van der Waals surface area contributed by atoms with E-state index in [0.717, 1.165) is 34.9 Å². The first-order chi connectivity index (χ1) is 15.7. The fourth-order valence-corrected chi connectivity index (χ4v) is 3.65. The van der Waals surface area contributed by atoms with Crippen LogP contribution in [0.15, 0.2) is 84.9 Å². The minimum atomic E-state index is -4.56. The predicted octanol–water partition coefficient (Wildman–Crippen LogP) is 7.23. The summed E-state index contributed by atoms with van der Waals surface area (Å²) in [6, 6.07) is 24.5. The molecule has 4 aromatic rings. The Bertz CT molecular complexity index is 1260. The maximum atomic E-state index is 13.3. The molecular weight excluding hydrogens is 425 g/mol. The van der Waals surface area contributed by atoms with Gasteiger partial charge in [-0.05, 0) is 83.6 Å². The minimum absolute atomic E-state index is 0.0278. The molecule has 0 fully saturated rings. The predicted molar refractivity (Wildman–Crippen MR) is 126 cm³/mol. The Hall–Kier alpha value is -3.93. The summed E-state index contributed by atoms with van der Waals surface area (Å²) in [4.78, 5) is 0. The third-order valence-corrected chi connectivity index (χ3v) is 5.44. The van der Waals surface area contributed by atoms with Crippen LogP contribution in [0.2, 0.25) is 0 Å². The van der Waals surface area contributed by atoms with Crippen molar-refractivity contribution in [1.82, 2.24) is 0 Å². The number of anilines is 2. The Kier molecular flexibility index (Phi) is 6.01. The molecule has 0 radical (unpaired) electrons. The van der Waals surface area contributed by atoms with E-state index in [0.29, 0.717) is 5.75 Å². The summed E-state index contributed by atoms with van der Waals surface area (Å²) in [5.41, 5.74) is 16.7. The van der Waals surface area contributed by atoms with E-state index in [-0.39, 0.29) is 11.4 Å². The molecule has 0 aliphatic heterocycles. The van der Waals surface area contributed by atoms with Gasteiger partial charge >= 0.3 is 6.18 Å². The van der Waals surface area contributed by atoms with Crippen LogP contribution >= 0.6 is 0 Å². The van der Waals surface area contributed by atoms with E-state index in [9.17, 15) is 13.2 Å². The second kappa shape index (κ2) is 8.90. The Labute approximate surface area is 190 Å². The van der Waals surface area contributed by atoms with Crippen molar-refractivity contribution in [3.8, 4) is 22.6 Å². The maximum absolute atomic E-state index is 13.3. The zero-order valence-electron chi connectivity index (χ0n) is 18.0. The number of nitrogens with two attached hydrogens (primary N) is 2. The molecule has 0 unspecified atom stereocenters. The monoisotopic (exact) mass is 448 g/mol. The van der Waals surface area contributed by atoms with Gasteiger partial charge in [0.15, 0.2) is 0 Å². The number of aryl methyl sites for hydroxylation is 1.